The predicted octanol–water partition coefficient (Wildman–Crippen LogP) is 3.98. The van der Waals surface area contributed by atoms with Gasteiger partial charge in [-0.2, -0.15) is 0 Å². The Morgan fingerprint density at radius 1 is 1.06 bits per heavy atom. The third-order valence-electron chi connectivity index (χ3n) is 6.14. The summed E-state index contributed by atoms with van der Waals surface area (Å²) in [6.45, 7) is 0.0637. The molecule has 182 valence electrons. The van der Waals surface area contributed by atoms with E-state index in [0.29, 0.717) is 6.42 Å². The van der Waals surface area contributed by atoms with Crippen LogP contribution in [0.2, 0.25) is 0 Å². The number of carbonyl (C=O) groups is 1. The van der Waals surface area contributed by atoms with Crippen LogP contribution < -0.4 is 21.9 Å². The number of halogens is 2. The van der Waals surface area contributed by atoms with Gasteiger partial charge in [-0.05, 0) is 49.8 Å². The fourth-order valence-electron chi connectivity index (χ4n) is 4.28. The number of rotatable bonds is 7. The summed E-state index contributed by atoms with van der Waals surface area (Å²) in [7, 11) is 0. The molecule has 4 rings (SSSR count). The third kappa shape index (κ3) is 5.24. The summed E-state index contributed by atoms with van der Waals surface area (Å²) in [6, 6.07) is 12.3. The number of allylic oxidation sites excluding steroid dienone is 1. The van der Waals surface area contributed by atoms with E-state index in [1.807, 2.05) is 6.07 Å². The number of hydrogen-bond acceptors (Lipinski definition) is 4. The van der Waals surface area contributed by atoms with Crippen molar-refractivity contribution < 1.29 is 13.6 Å². The van der Waals surface area contributed by atoms with Crippen molar-refractivity contribution in [3.05, 3.63) is 104 Å². The maximum atomic E-state index is 14.5. The normalized spacial score (nSPS) is 13.4. The van der Waals surface area contributed by atoms with Crippen LogP contribution in [0, 0.1) is 11.6 Å². The highest BCUT2D eigenvalue weighted by Crippen LogP contribution is 2.25. The van der Waals surface area contributed by atoms with Crippen molar-refractivity contribution >= 4 is 17.4 Å². The number of carbonyl (C=O) groups excluding carboxylic acids is 1. The molecule has 0 aliphatic heterocycles. The molecular weight excluding hydrogens is 454 g/mol. The Morgan fingerprint density at radius 2 is 1.83 bits per heavy atom. The zero-order valence-electron chi connectivity index (χ0n) is 19.1. The molecule has 0 bridgehead atoms. The largest absolute Gasteiger partial charge is 0.383 e. The molecule has 1 amide bonds. The van der Waals surface area contributed by atoms with Crippen molar-refractivity contribution in [3.63, 3.8) is 0 Å². The van der Waals surface area contributed by atoms with Gasteiger partial charge in [-0.3, -0.25) is 19.1 Å². The molecule has 2 aromatic carbocycles. The van der Waals surface area contributed by atoms with Gasteiger partial charge in [0.1, 0.15) is 5.82 Å². The number of anilines is 2. The first-order valence-electron chi connectivity index (χ1n) is 11.5. The fraction of sp³-hybridized carbons (Fsp3) is 0.269. The molecular formula is C26H26F2N4O3. The van der Waals surface area contributed by atoms with E-state index < -0.39 is 34.4 Å². The fourth-order valence-corrected chi connectivity index (χ4v) is 4.28. The number of nitrogen functional groups attached to an aromatic ring is 1. The van der Waals surface area contributed by atoms with E-state index in [0.717, 1.165) is 58.4 Å². The SMILES string of the molecule is Nc1c(N(CCC2=CCCCC2)C(=O)c2cccc(F)c2F)c(=O)[nH]c(=O)n1Cc1ccccc1. The Hall–Kier alpha value is -4.01. The van der Waals surface area contributed by atoms with E-state index in [4.69, 9.17) is 5.73 Å². The summed E-state index contributed by atoms with van der Waals surface area (Å²) in [5.74, 6) is -3.64. The van der Waals surface area contributed by atoms with Crippen LogP contribution in [0.5, 0.6) is 0 Å². The average Bonchev–Trinajstić information content (AvgIpc) is 2.86. The van der Waals surface area contributed by atoms with Gasteiger partial charge in [0.25, 0.3) is 11.5 Å². The molecule has 0 spiro atoms. The van der Waals surface area contributed by atoms with Crippen LogP contribution >= 0.6 is 0 Å². The van der Waals surface area contributed by atoms with Gasteiger partial charge in [-0.25, -0.2) is 13.6 Å². The van der Waals surface area contributed by atoms with E-state index in [1.54, 1.807) is 24.3 Å². The third-order valence-corrected chi connectivity index (χ3v) is 6.14. The van der Waals surface area contributed by atoms with Crippen molar-refractivity contribution in [2.45, 2.75) is 38.6 Å². The minimum Gasteiger partial charge on any atom is -0.383 e. The molecule has 7 nitrogen and oxygen atoms in total. The second kappa shape index (κ2) is 10.5. The minimum absolute atomic E-state index is 0.0113. The van der Waals surface area contributed by atoms with Crippen molar-refractivity contribution in [3.8, 4) is 0 Å². The molecule has 0 fully saturated rings. The summed E-state index contributed by atoms with van der Waals surface area (Å²) in [5.41, 5.74) is 5.75. The minimum atomic E-state index is -1.31. The number of aromatic nitrogens is 2. The van der Waals surface area contributed by atoms with E-state index in [1.165, 1.54) is 6.07 Å². The number of nitrogens with one attached hydrogen (secondary N) is 1. The molecule has 3 N–H and O–H groups in total. The maximum absolute atomic E-state index is 14.5. The van der Waals surface area contributed by atoms with Crippen molar-refractivity contribution in [2.24, 2.45) is 0 Å². The van der Waals surface area contributed by atoms with Gasteiger partial charge in [0, 0.05) is 6.54 Å². The highest BCUT2D eigenvalue weighted by atomic mass is 19.2. The molecule has 0 atom stereocenters. The van der Waals surface area contributed by atoms with Crippen LogP contribution in [0.25, 0.3) is 0 Å². The van der Waals surface area contributed by atoms with Gasteiger partial charge in [0.2, 0.25) is 0 Å². The molecule has 1 aliphatic rings. The molecule has 3 aromatic rings. The highest BCUT2D eigenvalue weighted by Gasteiger charge is 2.28. The zero-order valence-corrected chi connectivity index (χ0v) is 19.1. The summed E-state index contributed by atoms with van der Waals surface area (Å²) >= 11 is 0. The maximum Gasteiger partial charge on any atom is 0.330 e. The molecule has 9 heteroatoms. The number of nitrogens with two attached hydrogens (primary N) is 1. The van der Waals surface area contributed by atoms with Crippen molar-refractivity contribution in [2.75, 3.05) is 17.2 Å². The number of H-pyrrole nitrogens is 1. The number of benzene rings is 2. The Balaban J connectivity index is 1.80. The summed E-state index contributed by atoms with van der Waals surface area (Å²) in [5, 5.41) is 0. The topological polar surface area (TPSA) is 101 Å². The Kier molecular flexibility index (Phi) is 7.24. The molecule has 35 heavy (non-hydrogen) atoms. The standard InChI is InChI=1S/C26H26F2N4O3/c27-20-13-7-12-19(21(20)28)25(34)31(15-14-17-8-3-1-4-9-17)22-23(29)32(26(35)30-24(22)33)16-18-10-5-2-6-11-18/h2,5-8,10-13H,1,3-4,9,14-16,29H2,(H,30,33,35). The number of hydrogen-bond donors (Lipinski definition) is 2. The Morgan fingerprint density at radius 3 is 2.54 bits per heavy atom. The van der Waals surface area contributed by atoms with Crippen molar-refractivity contribution in [1.82, 2.24) is 9.55 Å². The van der Waals surface area contributed by atoms with Gasteiger partial charge < -0.3 is 10.6 Å². The molecule has 1 heterocycles. The summed E-state index contributed by atoms with van der Waals surface area (Å²) < 4.78 is 29.6. The van der Waals surface area contributed by atoms with E-state index in [9.17, 15) is 23.2 Å². The lowest BCUT2D eigenvalue weighted by atomic mass is 9.97. The number of amides is 1. The van der Waals surface area contributed by atoms with Crippen molar-refractivity contribution in [1.29, 1.82) is 0 Å². The number of nitrogens with zero attached hydrogens (tertiary/aromatic N) is 2. The molecule has 1 aromatic heterocycles. The Bertz CT molecular complexity index is 1380. The first-order valence-corrected chi connectivity index (χ1v) is 11.5. The van der Waals surface area contributed by atoms with Gasteiger partial charge in [0.05, 0.1) is 12.1 Å². The quantitative estimate of drug-likeness (QED) is 0.500. The molecule has 0 saturated heterocycles. The highest BCUT2D eigenvalue weighted by molar-refractivity contribution is 6.07. The van der Waals surface area contributed by atoms with Crippen LogP contribution in [0.1, 0.15) is 48.0 Å². The first-order chi connectivity index (χ1) is 16.9. The molecule has 0 saturated carbocycles. The summed E-state index contributed by atoms with van der Waals surface area (Å²) in [4.78, 5) is 42.2. The van der Waals surface area contributed by atoms with Gasteiger partial charge >= 0.3 is 5.69 Å². The zero-order chi connectivity index (χ0) is 24.9. The second-order valence-electron chi connectivity index (χ2n) is 8.48. The average molecular weight is 481 g/mol. The predicted molar refractivity (Wildman–Crippen MR) is 130 cm³/mol. The smallest absolute Gasteiger partial charge is 0.330 e. The van der Waals surface area contributed by atoms with Crippen LogP contribution in [0.15, 0.2) is 69.8 Å². The lowest BCUT2D eigenvalue weighted by Crippen LogP contribution is -2.42. The van der Waals surface area contributed by atoms with Crippen LogP contribution in [-0.2, 0) is 6.54 Å². The van der Waals surface area contributed by atoms with E-state index in [-0.39, 0.29) is 24.6 Å². The first kappa shape index (κ1) is 24.1. The van der Waals surface area contributed by atoms with E-state index >= 15 is 0 Å². The van der Waals surface area contributed by atoms with Gasteiger partial charge in [-0.15, -0.1) is 0 Å². The lowest BCUT2D eigenvalue weighted by molar-refractivity contribution is 0.0982. The van der Waals surface area contributed by atoms with Gasteiger partial charge in [-0.1, -0.05) is 48.0 Å². The summed E-state index contributed by atoms with van der Waals surface area (Å²) in [6.07, 6.45) is 6.40. The Labute approximate surface area is 200 Å². The monoisotopic (exact) mass is 480 g/mol. The van der Waals surface area contributed by atoms with Crippen LogP contribution in [0.4, 0.5) is 20.3 Å². The van der Waals surface area contributed by atoms with Crippen LogP contribution in [-0.4, -0.2) is 22.0 Å². The van der Waals surface area contributed by atoms with Crippen LogP contribution in [0.3, 0.4) is 0 Å². The molecule has 0 unspecified atom stereocenters. The number of aromatic amines is 1. The molecule has 1 aliphatic carbocycles. The second-order valence-corrected chi connectivity index (χ2v) is 8.48. The van der Waals surface area contributed by atoms with Gasteiger partial charge in [0.15, 0.2) is 17.3 Å². The lowest BCUT2D eigenvalue weighted by Gasteiger charge is -2.26. The molecule has 0 radical (unpaired) electrons. The van der Waals surface area contributed by atoms with E-state index in [2.05, 4.69) is 11.1 Å².